The Labute approximate surface area is 166 Å². The molecule has 1 heterocycles. The van der Waals surface area contributed by atoms with Crippen molar-refractivity contribution >= 4 is 40.7 Å². The summed E-state index contributed by atoms with van der Waals surface area (Å²) < 4.78 is 0. The molecule has 1 aromatic rings. The van der Waals surface area contributed by atoms with E-state index in [0.717, 1.165) is 31.4 Å². The van der Waals surface area contributed by atoms with Gasteiger partial charge in [-0.15, -0.1) is 11.6 Å². The van der Waals surface area contributed by atoms with Crippen molar-refractivity contribution < 1.29 is 14.4 Å². The quantitative estimate of drug-likeness (QED) is 0.368. The highest BCUT2D eigenvalue weighted by Crippen LogP contribution is 2.23. The second-order valence-electron chi connectivity index (χ2n) is 6.60. The van der Waals surface area contributed by atoms with Crippen LogP contribution in [0.1, 0.15) is 39.5 Å². The molecule has 1 fully saturated rings. The topological polar surface area (TPSA) is 60.9 Å². The van der Waals surface area contributed by atoms with E-state index in [-0.39, 0.29) is 11.8 Å². The monoisotopic (exact) mass is 393 g/mol. The number of hydrogen-bond acceptors (Lipinski definition) is 3. The summed E-state index contributed by atoms with van der Waals surface area (Å²) in [6.07, 6.45) is 4.30. The van der Waals surface area contributed by atoms with E-state index in [1.807, 2.05) is 6.92 Å². The lowest BCUT2D eigenvalue weighted by atomic mass is 10.1. The maximum Gasteiger partial charge on any atom is 0.316 e. The van der Waals surface area contributed by atoms with Crippen molar-refractivity contribution in [3.05, 3.63) is 24.3 Å². The van der Waals surface area contributed by atoms with Gasteiger partial charge in [-0.05, 0) is 37.6 Å². The highest BCUT2D eigenvalue weighted by atomic mass is 35.5. The van der Waals surface area contributed by atoms with Gasteiger partial charge < -0.3 is 14.7 Å². The van der Waals surface area contributed by atoms with Crippen LogP contribution in [0.25, 0.3) is 0 Å². The second-order valence-corrected chi connectivity index (χ2v) is 6.86. The molecular weight excluding hydrogens is 366 g/mol. The van der Waals surface area contributed by atoms with Gasteiger partial charge in [0.25, 0.3) is 0 Å². The van der Waals surface area contributed by atoms with Crippen molar-refractivity contribution in [2.75, 3.05) is 41.9 Å². The summed E-state index contributed by atoms with van der Waals surface area (Å²) in [5.41, 5.74) is 1.39. The molecule has 7 heteroatoms. The van der Waals surface area contributed by atoms with Gasteiger partial charge in [0.1, 0.15) is 5.88 Å². The van der Waals surface area contributed by atoms with Crippen molar-refractivity contribution in [1.29, 1.82) is 0 Å². The zero-order chi connectivity index (χ0) is 19.8. The first-order valence-electron chi connectivity index (χ1n) is 9.60. The maximum atomic E-state index is 12.5. The molecule has 27 heavy (non-hydrogen) atoms. The van der Waals surface area contributed by atoms with Gasteiger partial charge in [0.2, 0.25) is 5.91 Å². The van der Waals surface area contributed by atoms with Gasteiger partial charge in [-0.25, -0.2) is 0 Å². The Kier molecular flexibility index (Phi) is 8.10. The lowest BCUT2D eigenvalue weighted by Crippen LogP contribution is -2.54. The molecule has 2 rings (SSSR count). The zero-order valence-corrected chi connectivity index (χ0v) is 16.9. The minimum atomic E-state index is -0.492. The molecule has 148 valence electrons. The Bertz CT molecular complexity index is 663. The number of carbonyl (C=O) groups excluding carboxylic acids is 3. The fourth-order valence-corrected chi connectivity index (χ4v) is 3.40. The van der Waals surface area contributed by atoms with Crippen LogP contribution in [0.15, 0.2) is 24.3 Å². The predicted octanol–water partition coefficient (Wildman–Crippen LogP) is 3.03. The SMILES string of the molecule is CCCCCCN1CCN(c2ccc(N(CC)C(=O)CCl)cc2)C(=O)C1=O. The number of piperazine rings is 1. The van der Waals surface area contributed by atoms with Gasteiger partial charge in [-0.2, -0.15) is 0 Å². The van der Waals surface area contributed by atoms with Gasteiger partial charge in [0.15, 0.2) is 0 Å². The molecule has 0 radical (unpaired) electrons. The minimum Gasteiger partial charge on any atom is -0.333 e. The summed E-state index contributed by atoms with van der Waals surface area (Å²) in [5.74, 6) is -1.18. The maximum absolute atomic E-state index is 12.5. The van der Waals surface area contributed by atoms with Gasteiger partial charge in [-0.3, -0.25) is 14.4 Å². The third-order valence-electron chi connectivity index (χ3n) is 4.80. The molecule has 1 aliphatic rings. The van der Waals surface area contributed by atoms with Gasteiger partial charge in [0, 0.05) is 37.6 Å². The van der Waals surface area contributed by atoms with Crippen LogP contribution < -0.4 is 9.80 Å². The van der Waals surface area contributed by atoms with Crippen LogP contribution >= 0.6 is 11.6 Å². The molecule has 1 aliphatic heterocycles. The summed E-state index contributed by atoms with van der Waals surface area (Å²) in [4.78, 5) is 41.5. The van der Waals surface area contributed by atoms with Crippen LogP contribution in [0, 0.1) is 0 Å². The number of nitrogens with zero attached hydrogens (tertiary/aromatic N) is 3. The van der Waals surface area contributed by atoms with E-state index in [1.165, 1.54) is 4.90 Å². The third-order valence-corrected chi connectivity index (χ3v) is 5.02. The Hall–Kier alpha value is -2.08. The van der Waals surface area contributed by atoms with Crippen LogP contribution in [0.5, 0.6) is 0 Å². The van der Waals surface area contributed by atoms with Crippen LogP contribution in [0.4, 0.5) is 11.4 Å². The lowest BCUT2D eigenvalue weighted by Gasteiger charge is -2.34. The Balaban J connectivity index is 2.02. The fraction of sp³-hybridized carbons (Fsp3) is 0.550. The Morgan fingerprint density at radius 1 is 1.04 bits per heavy atom. The van der Waals surface area contributed by atoms with Crippen LogP contribution in [0.3, 0.4) is 0 Å². The fourth-order valence-electron chi connectivity index (χ4n) is 3.25. The average Bonchev–Trinajstić information content (AvgIpc) is 2.69. The van der Waals surface area contributed by atoms with Crippen molar-refractivity contribution in [2.24, 2.45) is 0 Å². The number of rotatable bonds is 9. The van der Waals surface area contributed by atoms with Gasteiger partial charge >= 0.3 is 11.8 Å². The van der Waals surface area contributed by atoms with Crippen LogP contribution in [-0.4, -0.2) is 54.7 Å². The molecule has 1 aromatic carbocycles. The number of benzene rings is 1. The molecule has 0 saturated carbocycles. The largest absolute Gasteiger partial charge is 0.333 e. The molecule has 0 aliphatic carbocycles. The number of carbonyl (C=O) groups is 3. The summed E-state index contributed by atoms with van der Waals surface area (Å²) in [7, 11) is 0. The molecule has 3 amide bonds. The highest BCUT2D eigenvalue weighted by molar-refractivity contribution is 6.41. The molecule has 1 saturated heterocycles. The first-order chi connectivity index (χ1) is 13.0. The van der Waals surface area contributed by atoms with Gasteiger partial charge in [-0.1, -0.05) is 26.2 Å². The van der Waals surface area contributed by atoms with E-state index < -0.39 is 11.8 Å². The molecule has 6 nitrogen and oxygen atoms in total. The number of alkyl halides is 1. The summed E-state index contributed by atoms with van der Waals surface area (Å²) in [6, 6.07) is 7.08. The Morgan fingerprint density at radius 3 is 2.33 bits per heavy atom. The van der Waals surface area contributed by atoms with E-state index in [0.29, 0.717) is 31.9 Å². The number of halogens is 1. The summed E-state index contributed by atoms with van der Waals surface area (Å²) in [5, 5.41) is 0. The molecule has 0 spiro atoms. The van der Waals surface area contributed by atoms with E-state index in [9.17, 15) is 14.4 Å². The zero-order valence-electron chi connectivity index (χ0n) is 16.1. The van der Waals surface area contributed by atoms with Crippen LogP contribution in [-0.2, 0) is 14.4 Å². The normalized spacial score (nSPS) is 14.6. The minimum absolute atomic E-state index is 0.0806. The first-order valence-corrected chi connectivity index (χ1v) is 10.1. The first kappa shape index (κ1) is 21.2. The van der Waals surface area contributed by atoms with Crippen molar-refractivity contribution in [3.8, 4) is 0 Å². The molecule has 0 atom stereocenters. The Morgan fingerprint density at radius 2 is 1.74 bits per heavy atom. The van der Waals surface area contributed by atoms with E-state index in [2.05, 4.69) is 6.92 Å². The molecule has 0 bridgehead atoms. The van der Waals surface area contributed by atoms with Crippen LogP contribution in [0.2, 0.25) is 0 Å². The van der Waals surface area contributed by atoms with Gasteiger partial charge in [0.05, 0.1) is 0 Å². The number of unbranched alkanes of at least 4 members (excludes halogenated alkanes) is 3. The average molecular weight is 394 g/mol. The molecule has 0 N–H and O–H groups in total. The second kappa shape index (κ2) is 10.3. The summed E-state index contributed by atoms with van der Waals surface area (Å²) >= 11 is 5.64. The molecular formula is C20H28ClN3O3. The molecule has 0 unspecified atom stereocenters. The highest BCUT2D eigenvalue weighted by Gasteiger charge is 2.33. The predicted molar refractivity (Wildman–Crippen MR) is 108 cm³/mol. The molecule has 0 aromatic heterocycles. The smallest absolute Gasteiger partial charge is 0.316 e. The summed E-state index contributed by atoms with van der Waals surface area (Å²) in [6.45, 7) is 6.20. The number of hydrogen-bond donors (Lipinski definition) is 0. The lowest BCUT2D eigenvalue weighted by molar-refractivity contribution is -0.146. The standard InChI is InChI=1S/C20H28ClN3O3/c1-3-5-6-7-12-22-13-14-24(20(27)19(22)26)17-10-8-16(9-11-17)23(4-2)18(25)15-21/h8-11H,3-7,12-15H2,1-2H3. The number of amides is 3. The van der Waals surface area contributed by atoms with E-state index in [4.69, 9.17) is 11.6 Å². The van der Waals surface area contributed by atoms with Crippen molar-refractivity contribution in [2.45, 2.75) is 39.5 Å². The number of anilines is 2. The van der Waals surface area contributed by atoms with Crippen molar-refractivity contribution in [3.63, 3.8) is 0 Å². The van der Waals surface area contributed by atoms with Crippen molar-refractivity contribution in [1.82, 2.24) is 4.90 Å². The van der Waals surface area contributed by atoms with E-state index in [1.54, 1.807) is 34.1 Å². The van der Waals surface area contributed by atoms with E-state index >= 15 is 0 Å². The third kappa shape index (κ3) is 5.22.